The van der Waals surface area contributed by atoms with Crippen LogP contribution in [0, 0.1) is 5.92 Å². The van der Waals surface area contributed by atoms with E-state index in [0.29, 0.717) is 23.3 Å². The first-order valence-electron chi connectivity index (χ1n) is 9.71. The minimum Gasteiger partial charge on any atom is -0.478 e. The average molecular weight is 428 g/mol. The molecule has 1 aromatic heterocycles. The summed E-state index contributed by atoms with van der Waals surface area (Å²) in [6, 6.07) is 0. The van der Waals surface area contributed by atoms with Crippen LogP contribution in [-0.2, 0) is 22.3 Å². The minimum absolute atomic E-state index is 0.0218. The van der Waals surface area contributed by atoms with Gasteiger partial charge in [-0.05, 0) is 65.9 Å². The lowest BCUT2D eigenvalue weighted by Crippen LogP contribution is -2.44. The minimum atomic E-state index is -1.19. The SMILES string of the molecule is CCc1sc(N(C(=O)OC(C)(C)C)C(=O)OC(C)(C)C)c(C(=O)O)c1CC(C)C. The van der Waals surface area contributed by atoms with E-state index in [4.69, 9.17) is 9.47 Å². The summed E-state index contributed by atoms with van der Waals surface area (Å²) >= 11 is 1.12. The van der Waals surface area contributed by atoms with Crippen molar-refractivity contribution in [2.75, 3.05) is 4.90 Å². The van der Waals surface area contributed by atoms with Crippen LogP contribution in [-0.4, -0.2) is 34.5 Å². The van der Waals surface area contributed by atoms with Gasteiger partial charge in [-0.25, -0.2) is 14.4 Å². The zero-order chi connectivity index (χ0) is 22.7. The Morgan fingerprint density at radius 3 is 1.76 bits per heavy atom. The predicted molar refractivity (Wildman–Crippen MR) is 114 cm³/mol. The normalized spacial score (nSPS) is 12.1. The summed E-state index contributed by atoms with van der Waals surface area (Å²) in [5.74, 6) is -0.985. The van der Waals surface area contributed by atoms with Crippen molar-refractivity contribution >= 4 is 34.5 Å². The number of anilines is 1. The molecule has 164 valence electrons. The summed E-state index contributed by atoms with van der Waals surface area (Å²) in [6.45, 7) is 15.9. The van der Waals surface area contributed by atoms with Gasteiger partial charge in [0.25, 0.3) is 0 Å². The second-order valence-electron chi connectivity index (χ2n) is 9.24. The van der Waals surface area contributed by atoms with Gasteiger partial charge < -0.3 is 14.6 Å². The second kappa shape index (κ2) is 9.15. The van der Waals surface area contributed by atoms with Crippen molar-refractivity contribution in [1.29, 1.82) is 0 Å². The summed E-state index contributed by atoms with van der Waals surface area (Å²) < 4.78 is 10.8. The molecule has 1 aromatic rings. The van der Waals surface area contributed by atoms with Gasteiger partial charge in [0, 0.05) is 4.88 Å². The van der Waals surface area contributed by atoms with Gasteiger partial charge in [-0.2, -0.15) is 4.90 Å². The third kappa shape index (κ3) is 7.03. The van der Waals surface area contributed by atoms with Crippen LogP contribution in [0.5, 0.6) is 0 Å². The molecule has 0 aliphatic carbocycles. The maximum Gasteiger partial charge on any atom is 0.425 e. The molecule has 7 nitrogen and oxygen atoms in total. The largest absolute Gasteiger partial charge is 0.478 e. The van der Waals surface area contributed by atoms with Gasteiger partial charge in [-0.1, -0.05) is 20.8 Å². The Kier molecular flexibility index (Phi) is 7.87. The van der Waals surface area contributed by atoms with Gasteiger partial charge in [0.05, 0.1) is 5.56 Å². The highest BCUT2D eigenvalue weighted by Gasteiger charge is 2.38. The molecule has 8 heteroatoms. The molecule has 0 saturated heterocycles. The van der Waals surface area contributed by atoms with Crippen LogP contribution >= 0.6 is 11.3 Å². The fourth-order valence-electron chi connectivity index (χ4n) is 2.64. The number of carbonyl (C=O) groups is 3. The molecular weight excluding hydrogens is 394 g/mol. The fourth-order valence-corrected chi connectivity index (χ4v) is 3.88. The van der Waals surface area contributed by atoms with Crippen LogP contribution in [0.25, 0.3) is 0 Å². The first-order chi connectivity index (χ1) is 13.1. The zero-order valence-corrected chi connectivity index (χ0v) is 19.7. The first kappa shape index (κ1) is 24.9. The molecule has 0 spiro atoms. The Morgan fingerprint density at radius 2 is 1.45 bits per heavy atom. The first-order valence-corrected chi connectivity index (χ1v) is 10.5. The molecule has 0 radical (unpaired) electrons. The number of aryl methyl sites for hydroxylation is 1. The van der Waals surface area contributed by atoms with Gasteiger partial charge in [-0.3, -0.25) is 0 Å². The van der Waals surface area contributed by atoms with E-state index in [0.717, 1.165) is 16.2 Å². The van der Waals surface area contributed by atoms with E-state index in [1.807, 2.05) is 20.8 Å². The average Bonchev–Trinajstić information content (AvgIpc) is 2.80. The van der Waals surface area contributed by atoms with Crippen LogP contribution in [0.15, 0.2) is 0 Å². The molecule has 0 atom stereocenters. The van der Waals surface area contributed by atoms with Crippen LogP contribution < -0.4 is 4.90 Å². The van der Waals surface area contributed by atoms with E-state index in [-0.39, 0.29) is 16.5 Å². The topological polar surface area (TPSA) is 93.1 Å². The highest BCUT2D eigenvalue weighted by Crippen LogP contribution is 2.39. The molecule has 0 aliphatic heterocycles. The number of aromatic carboxylic acids is 1. The maximum absolute atomic E-state index is 12.9. The molecule has 1 heterocycles. The van der Waals surface area contributed by atoms with Crippen molar-refractivity contribution in [1.82, 2.24) is 0 Å². The van der Waals surface area contributed by atoms with E-state index in [9.17, 15) is 19.5 Å². The Balaban J connectivity index is 3.66. The van der Waals surface area contributed by atoms with E-state index in [1.54, 1.807) is 41.5 Å². The van der Waals surface area contributed by atoms with Gasteiger partial charge in [0.15, 0.2) is 0 Å². The van der Waals surface area contributed by atoms with E-state index in [2.05, 4.69) is 0 Å². The van der Waals surface area contributed by atoms with Crippen LogP contribution in [0.1, 0.15) is 83.1 Å². The Bertz CT molecular complexity index is 739. The molecule has 0 unspecified atom stereocenters. The molecule has 0 bridgehead atoms. The zero-order valence-electron chi connectivity index (χ0n) is 18.8. The third-order valence-corrected chi connectivity index (χ3v) is 4.94. The van der Waals surface area contributed by atoms with Crippen LogP contribution in [0.2, 0.25) is 0 Å². The number of thiophene rings is 1. The van der Waals surface area contributed by atoms with Crippen molar-refractivity contribution in [3.8, 4) is 0 Å². The fraction of sp³-hybridized carbons (Fsp3) is 0.667. The van der Waals surface area contributed by atoms with Gasteiger partial charge in [-0.15, -0.1) is 11.3 Å². The highest BCUT2D eigenvalue weighted by molar-refractivity contribution is 7.17. The smallest absolute Gasteiger partial charge is 0.425 e. The van der Waals surface area contributed by atoms with E-state index >= 15 is 0 Å². The Morgan fingerprint density at radius 1 is 1.00 bits per heavy atom. The molecular formula is C21H33NO6S. The molecule has 0 fully saturated rings. The van der Waals surface area contributed by atoms with Crippen molar-refractivity contribution in [2.45, 2.75) is 86.4 Å². The highest BCUT2D eigenvalue weighted by atomic mass is 32.1. The number of carbonyl (C=O) groups excluding carboxylic acids is 2. The third-order valence-electron chi connectivity index (χ3n) is 3.57. The van der Waals surface area contributed by atoms with Gasteiger partial charge in [0.2, 0.25) is 0 Å². The standard InChI is InChI=1S/C21H33NO6S/c1-10-14-13(11-12(2)3)15(17(23)24)16(29-14)22(18(25)27-20(4,5)6)19(26)28-21(7,8)9/h12H,10-11H2,1-9H3,(H,23,24). The monoisotopic (exact) mass is 427 g/mol. The van der Waals surface area contributed by atoms with E-state index < -0.39 is 29.4 Å². The van der Waals surface area contributed by atoms with Crippen molar-refractivity contribution in [3.63, 3.8) is 0 Å². The number of amides is 2. The van der Waals surface area contributed by atoms with Gasteiger partial charge in [0.1, 0.15) is 16.2 Å². The van der Waals surface area contributed by atoms with Gasteiger partial charge >= 0.3 is 18.2 Å². The molecule has 0 saturated carbocycles. The molecule has 1 rings (SSSR count). The van der Waals surface area contributed by atoms with Crippen molar-refractivity contribution < 1.29 is 29.0 Å². The summed E-state index contributed by atoms with van der Waals surface area (Å²) in [4.78, 5) is 39.5. The lowest BCUT2D eigenvalue weighted by Gasteiger charge is -2.28. The van der Waals surface area contributed by atoms with Crippen LogP contribution in [0.3, 0.4) is 0 Å². The van der Waals surface area contributed by atoms with Crippen molar-refractivity contribution in [3.05, 3.63) is 16.0 Å². The number of ether oxygens (including phenoxy) is 2. The number of nitrogens with zero attached hydrogens (tertiary/aromatic N) is 1. The number of hydrogen-bond acceptors (Lipinski definition) is 6. The molecule has 1 N–H and O–H groups in total. The van der Waals surface area contributed by atoms with E-state index in [1.165, 1.54) is 0 Å². The summed E-state index contributed by atoms with van der Waals surface area (Å²) in [5.41, 5.74) is -1.14. The number of imide groups is 1. The maximum atomic E-state index is 12.9. The summed E-state index contributed by atoms with van der Waals surface area (Å²) in [7, 11) is 0. The molecule has 29 heavy (non-hydrogen) atoms. The number of rotatable bonds is 5. The quantitative estimate of drug-likeness (QED) is 0.630. The summed E-state index contributed by atoms with van der Waals surface area (Å²) in [6.07, 6.45) is -0.815. The van der Waals surface area contributed by atoms with Crippen LogP contribution in [0.4, 0.5) is 14.6 Å². The summed E-state index contributed by atoms with van der Waals surface area (Å²) in [5, 5.41) is 9.94. The molecule has 0 aliphatic rings. The number of carboxylic acid groups (broad SMARTS) is 1. The lowest BCUT2D eigenvalue weighted by molar-refractivity contribution is 0.0432. The predicted octanol–water partition coefficient (Wildman–Crippen LogP) is 5.88. The lowest BCUT2D eigenvalue weighted by atomic mass is 9.98. The number of carboxylic acids is 1. The molecule has 0 aromatic carbocycles. The number of hydrogen-bond donors (Lipinski definition) is 1. The Hall–Kier alpha value is -2.09. The molecule has 2 amide bonds. The van der Waals surface area contributed by atoms with Crippen molar-refractivity contribution in [2.24, 2.45) is 5.92 Å². The Labute approximate surface area is 177 Å². The second-order valence-corrected chi connectivity index (χ2v) is 10.3.